The molecule has 3 fully saturated rings. The molecular formula is C10H14O2. The van der Waals surface area contributed by atoms with Crippen LogP contribution in [0.25, 0.3) is 0 Å². The largest absolute Gasteiger partial charge is 0.465 e. The molecule has 2 heteroatoms. The summed E-state index contributed by atoms with van der Waals surface area (Å²) in [5.74, 6) is 3.22. The number of hydrogen-bond acceptors (Lipinski definition) is 2. The number of cyclic esters (lactones) is 1. The van der Waals surface area contributed by atoms with Crippen LogP contribution in [0.2, 0.25) is 0 Å². The predicted octanol–water partition coefficient (Wildman–Crippen LogP) is 1.45. The molecule has 3 rings (SSSR count). The van der Waals surface area contributed by atoms with Crippen molar-refractivity contribution in [2.24, 2.45) is 29.6 Å². The van der Waals surface area contributed by atoms with Crippen molar-refractivity contribution in [2.45, 2.75) is 19.8 Å². The molecule has 0 aromatic carbocycles. The molecule has 1 saturated heterocycles. The fourth-order valence-electron chi connectivity index (χ4n) is 3.66. The van der Waals surface area contributed by atoms with Crippen LogP contribution in [-0.4, -0.2) is 12.6 Å². The summed E-state index contributed by atoms with van der Waals surface area (Å²) >= 11 is 0. The van der Waals surface area contributed by atoms with E-state index in [0.29, 0.717) is 17.8 Å². The lowest BCUT2D eigenvalue weighted by atomic mass is 9.76. The van der Waals surface area contributed by atoms with Gasteiger partial charge in [0, 0.05) is 5.92 Å². The van der Waals surface area contributed by atoms with Crippen molar-refractivity contribution in [3.05, 3.63) is 0 Å². The monoisotopic (exact) mass is 166 g/mol. The Labute approximate surface area is 72.3 Å². The van der Waals surface area contributed by atoms with Crippen LogP contribution in [0.4, 0.5) is 0 Å². The van der Waals surface area contributed by atoms with Crippen molar-refractivity contribution in [3.8, 4) is 0 Å². The van der Waals surface area contributed by atoms with E-state index in [2.05, 4.69) is 6.92 Å². The summed E-state index contributed by atoms with van der Waals surface area (Å²) in [7, 11) is 0. The molecule has 2 saturated carbocycles. The Hall–Kier alpha value is -0.530. The molecule has 1 aliphatic heterocycles. The van der Waals surface area contributed by atoms with Gasteiger partial charge in [-0.05, 0) is 30.6 Å². The number of esters is 1. The van der Waals surface area contributed by atoms with E-state index in [0.717, 1.165) is 18.4 Å². The summed E-state index contributed by atoms with van der Waals surface area (Å²) in [6.07, 6.45) is 2.63. The lowest BCUT2D eigenvalue weighted by Gasteiger charge is -2.25. The normalized spacial score (nSPS) is 55.8. The second-order valence-corrected chi connectivity index (χ2v) is 4.69. The molecule has 0 aromatic rings. The van der Waals surface area contributed by atoms with Gasteiger partial charge in [0.1, 0.15) is 0 Å². The van der Waals surface area contributed by atoms with E-state index < -0.39 is 0 Å². The maximum absolute atomic E-state index is 11.4. The molecule has 0 N–H and O–H groups in total. The smallest absolute Gasteiger partial charge is 0.309 e. The Bertz CT molecular complexity index is 236. The van der Waals surface area contributed by atoms with Crippen LogP contribution in [-0.2, 0) is 9.53 Å². The van der Waals surface area contributed by atoms with Crippen molar-refractivity contribution in [3.63, 3.8) is 0 Å². The predicted molar refractivity (Wildman–Crippen MR) is 43.3 cm³/mol. The first-order valence-electron chi connectivity index (χ1n) is 4.94. The fourth-order valence-corrected chi connectivity index (χ4v) is 3.66. The highest BCUT2D eigenvalue weighted by molar-refractivity contribution is 5.76. The van der Waals surface area contributed by atoms with Crippen LogP contribution < -0.4 is 0 Å². The maximum atomic E-state index is 11.4. The van der Waals surface area contributed by atoms with Gasteiger partial charge in [-0.2, -0.15) is 0 Å². The molecule has 1 heterocycles. The van der Waals surface area contributed by atoms with Gasteiger partial charge in [0.25, 0.3) is 0 Å². The molecule has 3 aliphatic rings. The summed E-state index contributed by atoms with van der Waals surface area (Å²) in [6, 6.07) is 0. The summed E-state index contributed by atoms with van der Waals surface area (Å²) in [5, 5.41) is 0. The third-order valence-corrected chi connectivity index (χ3v) is 4.20. The van der Waals surface area contributed by atoms with E-state index in [4.69, 9.17) is 4.74 Å². The van der Waals surface area contributed by atoms with E-state index >= 15 is 0 Å². The minimum atomic E-state index is 0.0963. The van der Waals surface area contributed by atoms with Crippen LogP contribution >= 0.6 is 0 Å². The highest BCUT2D eigenvalue weighted by Gasteiger charge is 2.57. The molecule has 66 valence electrons. The fraction of sp³-hybridized carbons (Fsp3) is 0.900. The van der Waals surface area contributed by atoms with Crippen molar-refractivity contribution in [1.29, 1.82) is 0 Å². The summed E-state index contributed by atoms with van der Waals surface area (Å²) in [6.45, 7) is 3.00. The molecule has 0 aromatic heterocycles. The van der Waals surface area contributed by atoms with Gasteiger partial charge < -0.3 is 4.74 Å². The molecule has 2 aliphatic carbocycles. The third kappa shape index (κ3) is 0.644. The molecule has 0 radical (unpaired) electrons. The van der Waals surface area contributed by atoms with Crippen LogP contribution in [0.1, 0.15) is 19.8 Å². The van der Waals surface area contributed by atoms with Gasteiger partial charge in [0.05, 0.1) is 12.5 Å². The van der Waals surface area contributed by atoms with E-state index in [1.54, 1.807) is 0 Å². The lowest BCUT2D eigenvalue weighted by Crippen LogP contribution is -2.27. The molecule has 5 unspecified atom stereocenters. The third-order valence-electron chi connectivity index (χ3n) is 4.20. The molecule has 5 atom stereocenters. The molecular weight excluding hydrogens is 152 g/mol. The average Bonchev–Trinajstić information content (AvgIpc) is 2.62. The Morgan fingerprint density at radius 2 is 2.17 bits per heavy atom. The van der Waals surface area contributed by atoms with Gasteiger partial charge in [0.2, 0.25) is 0 Å². The summed E-state index contributed by atoms with van der Waals surface area (Å²) < 4.78 is 5.11. The lowest BCUT2D eigenvalue weighted by molar-refractivity contribution is -0.142. The van der Waals surface area contributed by atoms with Crippen molar-refractivity contribution in [2.75, 3.05) is 6.61 Å². The van der Waals surface area contributed by atoms with Gasteiger partial charge >= 0.3 is 5.97 Å². The van der Waals surface area contributed by atoms with Crippen LogP contribution in [0.3, 0.4) is 0 Å². The summed E-state index contributed by atoms with van der Waals surface area (Å²) in [4.78, 5) is 11.4. The standard InChI is InChI=1S/C10H14O2/c1-5-2-6-3-7(5)9-8(6)4-12-10(9)11/h5-9H,2-4H2,1H3. The number of rotatable bonds is 0. The van der Waals surface area contributed by atoms with E-state index in [-0.39, 0.29) is 5.97 Å². The van der Waals surface area contributed by atoms with E-state index in [1.807, 2.05) is 0 Å². The minimum absolute atomic E-state index is 0.0963. The Morgan fingerprint density at radius 3 is 3.00 bits per heavy atom. The first kappa shape index (κ1) is 6.93. The van der Waals surface area contributed by atoms with Crippen LogP contribution in [0.15, 0.2) is 0 Å². The molecule has 12 heavy (non-hydrogen) atoms. The zero-order chi connectivity index (χ0) is 8.29. The second kappa shape index (κ2) is 2.04. The number of hydrogen-bond donors (Lipinski definition) is 0. The SMILES string of the molecule is CC1CC2CC1C1C(=O)OCC21. The molecule has 2 bridgehead atoms. The Morgan fingerprint density at radius 1 is 1.33 bits per heavy atom. The van der Waals surface area contributed by atoms with Gasteiger partial charge in [-0.1, -0.05) is 6.92 Å². The Kier molecular flexibility index (Phi) is 1.18. The van der Waals surface area contributed by atoms with Crippen LogP contribution in [0.5, 0.6) is 0 Å². The first-order chi connectivity index (χ1) is 5.77. The first-order valence-corrected chi connectivity index (χ1v) is 4.94. The van der Waals surface area contributed by atoms with Crippen molar-refractivity contribution < 1.29 is 9.53 Å². The van der Waals surface area contributed by atoms with Gasteiger partial charge in [0.15, 0.2) is 0 Å². The van der Waals surface area contributed by atoms with E-state index in [9.17, 15) is 4.79 Å². The quantitative estimate of drug-likeness (QED) is 0.509. The van der Waals surface area contributed by atoms with Crippen molar-refractivity contribution >= 4 is 5.97 Å². The zero-order valence-corrected chi connectivity index (χ0v) is 7.32. The molecule has 2 nitrogen and oxygen atoms in total. The van der Waals surface area contributed by atoms with Gasteiger partial charge in [-0.3, -0.25) is 4.79 Å². The number of carbonyl (C=O) groups is 1. The van der Waals surface area contributed by atoms with Crippen LogP contribution in [0, 0.1) is 29.6 Å². The average molecular weight is 166 g/mol. The highest BCUT2D eigenvalue weighted by atomic mass is 16.5. The van der Waals surface area contributed by atoms with E-state index in [1.165, 1.54) is 12.8 Å². The topological polar surface area (TPSA) is 26.3 Å². The second-order valence-electron chi connectivity index (χ2n) is 4.69. The maximum Gasteiger partial charge on any atom is 0.309 e. The van der Waals surface area contributed by atoms with Gasteiger partial charge in [-0.25, -0.2) is 0 Å². The highest BCUT2D eigenvalue weighted by Crippen LogP contribution is 2.57. The van der Waals surface area contributed by atoms with Crippen molar-refractivity contribution in [1.82, 2.24) is 0 Å². The molecule has 0 spiro atoms. The summed E-state index contributed by atoms with van der Waals surface area (Å²) in [5.41, 5.74) is 0. The molecule has 0 amide bonds. The minimum Gasteiger partial charge on any atom is -0.465 e. The number of fused-ring (bicyclic) bond motifs is 5. The zero-order valence-electron chi connectivity index (χ0n) is 7.32. The Balaban J connectivity index is 1.95. The number of carbonyl (C=O) groups excluding carboxylic acids is 1. The number of ether oxygens (including phenoxy) is 1. The van der Waals surface area contributed by atoms with Gasteiger partial charge in [-0.15, -0.1) is 0 Å².